The molecular formula is C15H18BNO4. The number of methoxy groups -OCH3 is 1. The highest BCUT2D eigenvalue weighted by Gasteiger charge is 2.52. The van der Waals surface area contributed by atoms with Gasteiger partial charge in [-0.2, -0.15) is 5.26 Å². The van der Waals surface area contributed by atoms with Gasteiger partial charge in [0.05, 0.1) is 35.5 Å². The minimum absolute atomic E-state index is 0.362. The molecule has 0 radical (unpaired) electrons. The van der Waals surface area contributed by atoms with Crippen LogP contribution in [0.4, 0.5) is 0 Å². The summed E-state index contributed by atoms with van der Waals surface area (Å²) in [6.07, 6.45) is 0. The van der Waals surface area contributed by atoms with Crippen LogP contribution in [0.25, 0.3) is 0 Å². The molecule has 21 heavy (non-hydrogen) atoms. The molecular weight excluding hydrogens is 269 g/mol. The monoisotopic (exact) mass is 287 g/mol. The first-order valence-corrected chi connectivity index (χ1v) is 6.70. The molecule has 1 aromatic rings. The lowest BCUT2D eigenvalue weighted by molar-refractivity contribution is 0.00578. The van der Waals surface area contributed by atoms with Crippen LogP contribution in [0.5, 0.6) is 0 Å². The number of ether oxygens (including phenoxy) is 1. The third-order valence-electron chi connectivity index (χ3n) is 4.10. The van der Waals surface area contributed by atoms with Gasteiger partial charge in [-0.05, 0) is 45.9 Å². The zero-order valence-electron chi connectivity index (χ0n) is 12.9. The van der Waals surface area contributed by atoms with Gasteiger partial charge in [-0.3, -0.25) is 0 Å². The first-order chi connectivity index (χ1) is 9.71. The lowest BCUT2D eigenvalue weighted by atomic mass is 9.75. The van der Waals surface area contributed by atoms with E-state index in [0.29, 0.717) is 16.6 Å². The summed E-state index contributed by atoms with van der Waals surface area (Å²) in [6, 6.07) is 6.82. The normalized spacial score (nSPS) is 19.1. The molecule has 1 fully saturated rings. The molecule has 6 heteroatoms. The van der Waals surface area contributed by atoms with Crippen LogP contribution >= 0.6 is 0 Å². The van der Waals surface area contributed by atoms with Gasteiger partial charge in [0.15, 0.2) is 0 Å². The molecule has 0 N–H and O–H groups in total. The predicted octanol–water partition coefficient (Wildman–Crippen LogP) is 1.64. The standard InChI is InChI=1S/C15H18BNO4/c1-14(2)15(3,4)21-16(20-14)12-8-10(13(18)19-5)6-7-11(12)9-17/h6-8H,1-5H3. The molecule has 1 heterocycles. The molecule has 0 aromatic heterocycles. The van der Waals surface area contributed by atoms with E-state index in [1.165, 1.54) is 7.11 Å². The van der Waals surface area contributed by atoms with Gasteiger partial charge in [-0.25, -0.2) is 4.79 Å². The Balaban J connectivity index is 2.44. The summed E-state index contributed by atoms with van der Waals surface area (Å²) in [5, 5.41) is 9.25. The fraction of sp³-hybridized carbons (Fsp3) is 0.467. The molecule has 1 aromatic carbocycles. The van der Waals surface area contributed by atoms with E-state index < -0.39 is 24.3 Å². The van der Waals surface area contributed by atoms with Crippen molar-refractivity contribution in [1.29, 1.82) is 5.26 Å². The van der Waals surface area contributed by atoms with Crippen molar-refractivity contribution in [3.8, 4) is 6.07 Å². The van der Waals surface area contributed by atoms with E-state index in [0.717, 1.165) is 0 Å². The maximum atomic E-state index is 11.6. The van der Waals surface area contributed by atoms with Crippen LogP contribution in [-0.2, 0) is 14.0 Å². The van der Waals surface area contributed by atoms with E-state index in [2.05, 4.69) is 6.07 Å². The summed E-state index contributed by atoms with van der Waals surface area (Å²) < 4.78 is 16.6. The van der Waals surface area contributed by atoms with Gasteiger partial charge < -0.3 is 14.0 Å². The largest absolute Gasteiger partial charge is 0.496 e. The highest BCUT2D eigenvalue weighted by molar-refractivity contribution is 6.63. The summed E-state index contributed by atoms with van der Waals surface area (Å²) in [5.74, 6) is -0.461. The molecule has 0 saturated carbocycles. The minimum Gasteiger partial charge on any atom is -0.465 e. The first kappa shape index (κ1) is 15.6. The van der Waals surface area contributed by atoms with Crippen molar-refractivity contribution in [3.05, 3.63) is 29.3 Å². The second-order valence-electron chi connectivity index (χ2n) is 5.99. The highest BCUT2D eigenvalue weighted by atomic mass is 16.7. The van der Waals surface area contributed by atoms with Gasteiger partial charge in [0.25, 0.3) is 0 Å². The zero-order chi connectivity index (χ0) is 15.8. The molecule has 0 bridgehead atoms. The quantitative estimate of drug-likeness (QED) is 0.611. The van der Waals surface area contributed by atoms with Gasteiger partial charge in [0, 0.05) is 5.46 Å². The maximum absolute atomic E-state index is 11.6. The molecule has 1 aliphatic heterocycles. The Kier molecular flexibility index (Phi) is 3.83. The summed E-state index contributed by atoms with van der Waals surface area (Å²) in [4.78, 5) is 11.6. The van der Waals surface area contributed by atoms with Crippen molar-refractivity contribution in [2.24, 2.45) is 0 Å². The van der Waals surface area contributed by atoms with Gasteiger partial charge in [-0.1, -0.05) is 0 Å². The Labute approximate surface area is 124 Å². The summed E-state index contributed by atoms with van der Waals surface area (Å²) in [6.45, 7) is 7.73. The molecule has 110 valence electrons. The number of carbonyl (C=O) groups excluding carboxylic acids is 1. The summed E-state index contributed by atoms with van der Waals surface area (Å²) >= 11 is 0. The van der Waals surface area contributed by atoms with E-state index in [-0.39, 0.29) is 0 Å². The number of nitriles is 1. The van der Waals surface area contributed by atoms with Crippen LogP contribution in [0.2, 0.25) is 0 Å². The second-order valence-corrected chi connectivity index (χ2v) is 5.99. The van der Waals surface area contributed by atoms with E-state index in [1.54, 1.807) is 18.2 Å². The molecule has 0 aliphatic carbocycles. The summed E-state index contributed by atoms with van der Waals surface area (Å²) in [7, 11) is 0.629. The van der Waals surface area contributed by atoms with E-state index in [1.807, 2.05) is 27.7 Å². The average molecular weight is 287 g/mol. The van der Waals surface area contributed by atoms with Crippen molar-refractivity contribution in [2.75, 3.05) is 7.11 Å². The third kappa shape index (κ3) is 2.67. The van der Waals surface area contributed by atoms with Crippen LogP contribution in [-0.4, -0.2) is 31.4 Å². The van der Waals surface area contributed by atoms with Crippen LogP contribution < -0.4 is 5.46 Å². The highest BCUT2D eigenvalue weighted by Crippen LogP contribution is 2.36. The van der Waals surface area contributed by atoms with E-state index in [4.69, 9.17) is 14.0 Å². The number of hydrogen-bond donors (Lipinski definition) is 0. The Bertz CT molecular complexity index is 603. The Morgan fingerprint density at radius 1 is 1.24 bits per heavy atom. The lowest BCUT2D eigenvalue weighted by Gasteiger charge is -2.32. The Hall–Kier alpha value is -1.84. The van der Waals surface area contributed by atoms with Crippen molar-refractivity contribution in [1.82, 2.24) is 0 Å². The lowest BCUT2D eigenvalue weighted by Crippen LogP contribution is -2.41. The van der Waals surface area contributed by atoms with Gasteiger partial charge in [0.1, 0.15) is 0 Å². The summed E-state index contributed by atoms with van der Waals surface area (Å²) in [5.41, 5.74) is 0.304. The average Bonchev–Trinajstić information content (AvgIpc) is 2.65. The van der Waals surface area contributed by atoms with Crippen molar-refractivity contribution < 1.29 is 18.8 Å². The first-order valence-electron chi connectivity index (χ1n) is 6.70. The van der Waals surface area contributed by atoms with E-state index >= 15 is 0 Å². The number of carbonyl (C=O) groups is 1. The topological polar surface area (TPSA) is 68.6 Å². The molecule has 1 saturated heterocycles. The number of rotatable bonds is 2. The fourth-order valence-corrected chi connectivity index (χ4v) is 2.07. The van der Waals surface area contributed by atoms with Crippen molar-refractivity contribution in [2.45, 2.75) is 38.9 Å². The van der Waals surface area contributed by atoms with E-state index in [9.17, 15) is 10.1 Å². The zero-order valence-corrected chi connectivity index (χ0v) is 12.9. The van der Waals surface area contributed by atoms with Crippen molar-refractivity contribution >= 4 is 18.6 Å². The number of esters is 1. The number of benzene rings is 1. The Morgan fingerprint density at radius 3 is 2.29 bits per heavy atom. The molecule has 2 rings (SSSR count). The van der Waals surface area contributed by atoms with Gasteiger partial charge >= 0.3 is 13.1 Å². The van der Waals surface area contributed by atoms with Gasteiger partial charge in [-0.15, -0.1) is 0 Å². The van der Waals surface area contributed by atoms with Crippen LogP contribution in [0, 0.1) is 11.3 Å². The third-order valence-corrected chi connectivity index (χ3v) is 4.10. The maximum Gasteiger partial charge on any atom is 0.496 e. The second kappa shape index (κ2) is 5.17. The van der Waals surface area contributed by atoms with Crippen LogP contribution in [0.3, 0.4) is 0 Å². The molecule has 1 aliphatic rings. The molecule has 5 nitrogen and oxygen atoms in total. The van der Waals surface area contributed by atoms with Crippen LogP contribution in [0.1, 0.15) is 43.6 Å². The fourth-order valence-electron chi connectivity index (χ4n) is 2.07. The minimum atomic E-state index is -0.686. The van der Waals surface area contributed by atoms with Crippen LogP contribution in [0.15, 0.2) is 18.2 Å². The SMILES string of the molecule is COC(=O)c1ccc(C#N)c(B2OC(C)(C)C(C)(C)O2)c1. The van der Waals surface area contributed by atoms with Gasteiger partial charge in [0.2, 0.25) is 0 Å². The molecule has 0 unspecified atom stereocenters. The Morgan fingerprint density at radius 2 is 1.81 bits per heavy atom. The molecule has 0 atom stereocenters. The number of hydrogen-bond acceptors (Lipinski definition) is 5. The number of nitrogens with zero attached hydrogens (tertiary/aromatic N) is 1. The predicted molar refractivity (Wildman–Crippen MR) is 78.2 cm³/mol. The molecule has 0 spiro atoms. The molecule has 0 amide bonds. The smallest absolute Gasteiger partial charge is 0.465 e. The van der Waals surface area contributed by atoms with Crippen molar-refractivity contribution in [3.63, 3.8) is 0 Å².